The molecule has 5 nitrogen and oxygen atoms in total. The predicted octanol–water partition coefficient (Wildman–Crippen LogP) is 4.55. The number of halogens is 2. The van der Waals surface area contributed by atoms with Crippen molar-refractivity contribution in [3.63, 3.8) is 0 Å². The van der Waals surface area contributed by atoms with E-state index in [1.165, 1.54) is 0 Å². The summed E-state index contributed by atoms with van der Waals surface area (Å²) in [4.78, 5) is 1.65. The Bertz CT molecular complexity index is 863. The maximum atomic E-state index is 8.87. The Morgan fingerprint density at radius 2 is 1.64 bits per heavy atom. The molecule has 0 bridgehead atoms. The van der Waals surface area contributed by atoms with Crippen LogP contribution >= 0.6 is 23.2 Å². The number of aromatic nitrogens is 3. The van der Waals surface area contributed by atoms with E-state index in [-0.39, 0.29) is 6.61 Å². The molecule has 148 valence electrons. The summed E-state index contributed by atoms with van der Waals surface area (Å²) in [5.41, 5.74) is 3.57. The Balaban J connectivity index is 1.77. The molecule has 0 aliphatic heterocycles. The fraction of sp³-hybridized carbons (Fsp3) is 0.333. The van der Waals surface area contributed by atoms with Crippen molar-refractivity contribution in [3.05, 3.63) is 69.8 Å². The van der Waals surface area contributed by atoms with Crippen LogP contribution in [0.5, 0.6) is 0 Å². The third-order valence-corrected chi connectivity index (χ3v) is 5.15. The van der Waals surface area contributed by atoms with Gasteiger partial charge in [-0.05, 0) is 37.9 Å². The van der Waals surface area contributed by atoms with Crippen molar-refractivity contribution < 1.29 is 5.11 Å². The fourth-order valence-corrected chi connectivity index (χ4v) is 3.48. The molecule has 1 heterocycles. The third-order valence-electron chi connectivity index (χ3n) is 4.44. The number of hydrogen-bond donors (Lipinski definition) is 2. The van der Waals surface area contributed by atoms with Crippen molar-refractivity contribution in [2.75, 3.05) is 13.2 Å². The summed E-state index contributed by atoms with van der Waals surface area (Å²) in [5, 5.41) is 22.9. The zero-order chi connectivity index (χ0) is 19.8. The maximum absolute atomic E-state index is 8.87. The number of aliphatic hydroxyl groups excluding tert-OH is 1. The molecule has 3 rings (SSSR count). The number of aliphatic hydroxyl groups is 1. The summed E-state index contributed by atoms with van der Waals surface area (Å²) in [6.45, 7) is 2.16. The van der Waals surface area contributed by atoms with Crippen molar-refractivity contribution in [1.29, 1.82) is 0 Å². The molecular formula is C21H24Cl2N4O. The van der Waals surface area contributed by atoms with Gasteiger partial charge in [0.1, 0.15) is 11.4 Å². The van der Waals surface area contributed by atoms with Gasteiger partial charge in [0.05, 0.1) is 6.54 Å². The minimum atomic E-state index is 0.247. The van der Waals surface area contributed by atoms with E-state index in [2.05, 4.69) is 10.4 Å². The van der Waals surface area contributed by atoms with Gasteiger partial charge in [-0.1, -0.05) is 59.6 Å². The van der Waals surface area contributed by atoms with Crippen molar-refractivity contribution in [3.8, 4) is 11.3 Å². The standard InChI is InChI=1S/C21H24Cl2N4O/c22-18-10-7-11-19(23)17(18)15-27-25-20(14-24-12-5-2-6-13-28)21(26-27)16-8-3-1-4-9-16/h1,3-4,7-11,24,28H,2,5-6,12-15H2. The Kier molecular flexibility index (Phi) is 7.86. The van der Waals surface area contributed by atoms with E-state index in [1.807, 2.05) is 48.5 Å². The van der Waals surface area contributed by atoms with Gasteiger partial charge < -0.3 is 10.4 Å². The molecule has 0 atom stereocenters. The third kappa shape index (κ3) is 5.55. The number of unbranched alkanes of at least 4 members (excludes halogenated alkanes) is 2. The molecule has 7 heteroatoms. The average Bonchev–Trinajstić information content (AvgIpc) is 3.11. The van der Waals surface area contributed by atoms with Gasteiger partial charge in [-0.15, -0.1) is 0 Å². The molecular weight excluding hydrogens is 395 g/mol. The second kappa shape index (κ2) is 10.6. The Morgan fingerprint density at radius 1 is 0.893 bits per heavy atom. The molecule has 0 aliphatic carbocycles. The van der Waals surface area contributed by atoms with Gasteiger partial charge in [-0.2, -0.15) is 15.0 Å². The number of hydrogen-bond acceptors (Lipinski definition) is 4. The van der Waals surface area contributed by atoms with E-state index in [9.17, 15) is 0 Å². The minimum absolute atomic E-state index is 0.247. The molecule has 28 heavy (non-hydrogen) atoms. The van der Waals surface area contributed by atoms with Gasteiger partial charge in [0.25, 0.3) is 0 Å². The van der Waals surface area contributed by atoms with Crippen molar-refractivity contribution in [2.45, 2.75) is 32.4 Å². The summed E-state index contributed by atoms with van der Waals surface area (Å²) in [5.74, 6) is 0. The quantitative estimate of drug-likeness (QED) is 0.473. The van der Waals surface area contributed by atoms with Crippen LogP contribution in [0.15, 0.2) is 48.5 Å². The number of rotatable bonds is 10. The summed E-state index contributed by atoms with van der Waals surface area (Å²) in [6, 6.07) is 15.5. The second-order valence-corrected chi connectivity index (χ2v) is 7.37. The van der Waals surface area contributed by atoms with Crippen LogP contribution in [0.25, 0.3) is 11.3 Å². The monoisotopic (exact) mass is 418 g/mol. The molecule has 2 aromatic carbocycles. The lowest BCUT2D eigenvalue weighted by molar-refractivity contribution is 0.283. The minimum Gasteiger partial charge on any atom is -0.396 e. The molecule has 0 fully saturated rings. The normalized spacial score (nSPS) is 11.1. The van der Waals surface area contributed by atoms with E-state index < -0.39 is 0 Å². The molecule has 1 aromatic heterocycles. The van der Waals surface area contributed by atoms with Crippen molar-refractivity contribution >= 4 is 23.2 Å². The van der Waals surface area contributed by atoms with Gasteiger partial charge in [-0.3, -0.25) is 0 Å². The first-order valence-electron chi connectivity index (χ1n) is 9.43. The number of nitrogens with one attached hydrogen (secondary N) is 1. The summed E-state index contributed by atoms with van der Waals surface area (Å²) >= 11 is 12.6. The second-order valence-electron chi connectivity index (χ2n) is 6.55. The van der Waals surface area contributed by atoms with E-state index in [0.29, 0.717) is 23.1 Å². The summed E-state index contributed by atoms with van der Waals surface area (Å²) < 4.78 is 0. The van der Waals surface area contributed by atoms with Crippen LogP contribution in [0.1, 0.15) is 30.5 Å². The molecule has 0 saturated heterocycles. The zero-order valence-electron chi connectivity index (χ0n) is 15.6. The highest BCUT2D eigenvalue weighted by Gasteiger charge is 2.15. The molecule has 2 N–H and O–H groups in total. The molecule has 0 amide bonds. The Hall–Kier alpha value is -1.92. The van der Waals surface area contributed by atoms with Gasteiger partial charge in [0.2, 0.25) is 0 Å². The van der Waals surface area contributed by atoms with Crippen LogP contribution in [0.3, 0.4) is 0 Å². The van der Waals surface area contributed by atoms with Crippen molar-refractivity contribution in [1.82, 2.24) is 20.3 Å². The van der Waals surface area contributed by atoms with Gasteiger partial charge in [-0.25, -0.2) is 0 Å². The lowest BCUT2D eigenvalue weighted by atomic mass is 10.1. The zero-order valence-corrected chi connectivity index (χ0v) is 17.1. The number of benzene rings is 2. The lowest BCUT2D eigenvalue weighted by Gasteiger charge is -2.05. The summed E-state index contributed by atoms with van der Waals surface area (Å²) in [6.07, 6.45) is 2.86. The lowest BCUT2D eigenvalue weighted by Crippen LogP contribution is -2.16. The molecule has 3 aromatic rings. The summed E-state index contributed by atoms with van der Waals surface area (Å²) in [7, 11) is 0. The molecule has 0 spiro atoms. The van der Waals surface area contributed by atoms with Crippen LogP contribution in [0.4, 0.5) is 0 Å². The van der Waals surface area contributed by atoms with Crippen LogP contribution < -0.4 is 5.32 Å². The number of nitrogens with zero attached hydrogens (tertiary/aromatic N) is 3. The van der Waals surface area contributed by atoms with E-state index in [0.717, 1.165) is 48.3 Å². The fourth-order valence-electron chi connectivity index (χ4n) is 2.96. The topological polar surface area (TPSA) is 63.0 Å². The molecule has 0 radical (unpaired) electrons. The van der Waals surface area contributed by atoms with Crippen LogP contribution in [-0.4, -0.2) is 33.3 Å². The largest absolute Gasteiger partial charge is 0.396 e. The average molecular weight is 419 g/mol. The van der Waals surface area contributed by atoms with Gasteiger partial charge in [0.15, 0.2) is 0 Å². The van der Waals surface area contributed by atoms with Gasteiger partial charge >= 0.3 is 0 Å². The smallest absolute Gasteiger partial charge is 0.117 e. The first-order chi connectivity index (χ1) is 13.7. The highest BCUT2D eigenvalue weighted by atomic mass is 35.5. The molecule has 0 saturated carbocycles. The van der Waals surface area contributed by atoms with Crippen LogP contribution in [0, 0.1) is 0 Å². The Morgan fingerprint density at radius 3 is 2.36 bits per heavy atom. The Labute approximate surface area is 175 Å². The van der Waals surface area contributed by atoms with E-state index in [1.54, 1.807) is 4.80 Å². The SMILES string of the molecule is OCCCCCNCc1nn(Cc2c(Cl)cccc2Cl)nc1-c1ccccc1. The van der Waals surface area contributed by atoms with E-state index in [4.69, 9.17) is 33.4 Å². The van der Waals surface area contributed by atoms with E-state index >= 15 is 0 Å². The molecule has 0 aliphatic rings. The predicted molar refractivity (Wildman–Crippen MR) is 114 cm³/mol. The highest BCUT2D eigenvalue weighted by Crippen LogP contribution is 2.26. The van der Waals surface area contributed by atoms with Gasteiger partial charge in [0, 0.05) is 34.3 Å². The van der Waals surface area contributed by atoms with Crippen molar-refractivity contribution in [2.24, 2.45) is 0 Å². The molecule has 0 unspecified atom stereocenters. The maximum Gasteiger partial charge on any atom is 0.117 e. The first kappa shape index (κ1) is 20.8. The highest BCUT2D eigenvalue weighted by molar-refractivity contribution is 6.35. The first-order valence-corrected chi connectivity index (χ1v) is 10.2. The van der Waals surface area contributed by atoms with Crippen LogP contribution in [0.2, 0.25) is 10.0 Å². The van der Waals surface area contributed by atoms with Crippen LogP contribution in [-0.2, 0) is 13.1 Å².